The molecule has 0 bridgehead atoms. The maximum Gasteiger partial charge on any atom is 0.416 e. The number of hydrogen-bond acceptors (Lipinski definition) is 3. The summed E-state index contributed by atoms with van der Waals surface area (Å²) in [4.78, 5) is 0. The molecule has 6 heteroatoms. The van der Waals surface area contributed by atoms with E-state index in [1.807, 2.05) is 0 Å². The molecule has 1 unspecified atom stereocenters. The summed E-state index contributed by atoms with van der Waals surface area (Å²) < 4.78 is 42.9. The molecule has 21 heavy (non-hydrogen) atoms. The lowest BCUT2D eigenvalue weighted by Crippen LogP contribution is -2.12. The molecule has 1 atom stereocenters. The fourth-order valence-corrected chi connectivity index (χ4v) is 1.84. The van der Waals surface area contributed by atoms with Crippen molar-refractivity contribution in [3.63, 3.8) is 0 Å². The first-order valence-corrected chi connectivity index (χ1v) is 6.20. The predicted molar refractivity (Wildman–Crippen MR) is 72.8 cm³/mol. The maximum atomic E-state index is 12.6. The van der Waals surface area contributed by atoms with E-state index in [9.17, 15) is 18.3 Å². The molecular weight excluding hydrogens is 283 g/mol. The van der Waals surface area contributed by atoms with Gasteiger partial charge in [-0.25, -0.2) is 0 Å². The van der Waals surface area contributed by atoms with E-state index in [2.05, 4.69) is 0 Å². The fraction of sp³-hybridized carbons (Fsp3) is 0.200. The zero-order valence-electron chi connectivity index (χ0n) is 11.0. The van der Waals surface area contributed by atoms with Crippen LogP contribution in [-0.2, 0) is 6.18 Å². The van der Waals surface area contributed by atoms with E-state index in [-0.39, 0.29) is 12.4 Å². The summed E-state index contributed by atoms with van der Waals surface area (Å²) in [6, 6.07) is 11.2. The van der Waals surface area contributed by atoms with Crippen molar-refractivity contribution in [2.24, 2.45) is 0 Å². The quantitative estimate of drug-likeness (QED) is 0.850. The van der Waals surface area contributed by atoms with Crippen molar-refractivity contribution in [3.8, 4) is 5.75 Å². The van der Waals surface area contributed by atoms with Gasteiger partial charge in [-0.05, 0) is 24.3 Å². The number of halogens is 3. The van der Waals surface area contributed by atoms with E-state index >= 15 is 0 Å². The molecule has 0 fully saturated rings. The summed E-state index contributed by atoms with van der Waals surface area (Å²) in [5, 5.41) is 9.96. The van der Waals surface area contributed by atoms with Crippen molar-refractivity contribution in [1.82, 2.24) is 0 Å². The Morgan fingerprint density at radius 1 is 1.10 bits per heavy atom. The van der Waals surface area contributed by atoms with Crippen LogP contribution in [0, 0.1) is 0 Å². The summed E-state index contributed by atoms with van der Waals surface area (Å²) in [5.74, 6) is 0.0402. The van der Waals surface area contributed by atoms with E-state index in [1.165, 1.54) is 12.1 Å². The van der Waals surface area contributed by atoms with Crippen LogP contribution >= 0.6 is 0 Å². The van der Waals surface area contributed by atoms with Crippen LogP contribution in [0.1, 0.15) is 17.2 Å². The Labute approximate surface area is 119 Å². The third-order valence-electron chi connectivity index (χ3n) is 2.92. The van der Waals surface area contributed by atoms with Gasteiger partial charge in [0.05, 0.1) is 5.56 Å². The first-order valence-electron chi connectivity index (χ1n) is 6.20. The minimum atomic E-state index is -4.43. The van der Waals surface area contributed by atoms with Crippen LogP contribution in [0.4, 0.5) is 18.9 Å². The number of ether oxygens (including phenoxy) is 1. The van der Waals surface area contributed by atoms with Crippen molar-refractivity contribution in [2.45, 2.75) is 12.3 Å². The van der Waals surface area contributed by atoms with Gasteiger partial charge in [0, 0.05) is 11.3 Å². The van der Waals surface area contributed by atoms with Crippen molar-refractivity contribution in [2.75, 3.05) is 12.3 Å². The molecule has 3 N–H and O–H groups in total. The molecule has 2 aromatic carbocycles. The number of hydrogen-bond donors (Lipinski definition) is 2. The molecule has 0 amide bonds. The SMILES string of the molecule is Nc1ccccc1C(O)COc1cccc(C(F)(F)F)c1. The number of benzene rings is 2. The molecule has 0 aliphatic rings. The Morgan fingerprint density at radius 2 is 1.81 bits per heavy atom. The van der Waals surface area contributed by atoms with Gasteiger partial charge < -0.3 is 15.6 Å². The van der Waals surface area contributed by atoms with E-state index in [4.69, 9.17) is 10.5 Å². The predicted octanol–water partition coefficient (Wildman–Crippen LogP) is 3.40. The summed E-state index contributed by atoms with van der Waals surface area (Å²) >= 11 is 0. The second kappa shape index (κ2) is 6.05. The van der Waals surface area contributed by atoms with Crippen molar-refractivity contribution < 1.29 is 23.0 Å². The highest BCUT2D eigenvalue weighted by molar-refractivity contribution is 5.47. The minimum absolute atomic E-state index is 0.0402. The molecule has 0 aliphatic heterocycles. The topological polar surface area (TPSA) is 55.5 Å². The Hall–Kier alpha value is -2.21. The molecule has 0 heterocycles. The highest BCUT2D eigenvalue weighted by Gasteiger charge is 2.30. The molecule has 3 nitrogen and oxygen atoms in total. The number of nitrogen functional groups attached to an aromatic ring is 1. The Morgan fingerprint density at radius 3 is 2.48 bits per heavy atom. The van der Waals surface area contributed by atoms with Crippen LogP contribution in [0.15, 0.2) is 48.5 Å². The Bertz CT molecular complexity index is 614. The summed E-state index contributed by atoms with van der Waals surface area (Å²) in [6.07, 6.45) is -5.44. The second-order valence-corrected chi connectivity index (χ2v) is 4.48. The van der Waals surface area contributed by atoms with Crippen LogP contribution in [0.5, 0.6) is 5.75 Å². The van der Waals surface area contributed by atoms with Crippen molar-refractivity contribution in [1.29, 1.82) is 0 Å². The fourth-order valence-electron chi connectivity index (χ4n) is 1.84. The zero-order valence-corrected chi connectivity index (χ0v) is 11.0. The second-order valence-electron chi connectivity index (χ2n) is 4.48. The molecular formula is C15H14F3NO2. The number of nitrogens with two attached hydrogens (primary N) is 1. The van der Waals surface area contributed by atoms with E-state index < -0.39 is 17.8 Å². The monoisotopic (exact) mass is 297 g/mol. The lowest BCUT2D eigenvalue weighted by molar-refractivity contribution is -0.137. The third kappa shape index (κ3) is 3.88. The number of aliphatic hydroxyl groups excluding tert-OH is 1. The van der Waals surface area contributed by atoms with Gasteiger partial charge >= 0.3 is 6.18 Å². The molecule has 0 saturated carbocycles. The van der Waals surface area contributed by atoms with Gasteiger partial charge in [-0.1, -0.05) is 24.3 Å². The normalized spacial score (nSPS) is 13.0. The van der Waals surface area contributed by atoms with Crippen LogP contribution in [-0.4, -0.2) is 11.7 Å². The van der Waals surface area contributed by atoms with E-state index in [0.717, 1.165) is 12.1 Å². The largest absolute Gasteiger partial charge is 0.491 e. The smallest absolute Gasteiger partial charge is 0.416 e. The summed E-state index contributed by atoms with van der Waals surface area (Å²) in [6.45, 7) is -0.185. The van der Waals surface area contributed by atoms with E-state index in [0.29, 0.717) is 11.3 Å². The first-order chi connectivity index (χ1) is 9.88. The third-order valence-corrected chi connectivity index (χ3v) is 2.92. The molecule has 2 aromatic rings. The average molecular weight is 297 g/mol. The van der Waals surface area contributed by atoms with Crippen molar-refractivity contribution in [3.05, 3.63) is 59.7 Å². The minimum Gasteiger partial charge on any atom is -0.491 e. The number of rotatable bonds is 4. The van der Waals surface area contributed by atoms with Crippen molar-refractivity contribution >= 4 is 5.69 Å². The standard InChI is InChI=1S/C15H14F3NO2/c16-15(17,18)10-4-3-5-11(8-10)21-9-14(20)12-6-1-2-7-13(12)19/h1-8,14,20H,9,19H2. The Balaban J connectivity index is 2.05. The van der Waals surface area contributed by atoms with Gasteiger partial charge in [0.25, 0.3) is 0 Å². The van der Waals surface area contributed by atoms with Gasteiger partial charge in [-0.15, -0.1) is 0 Å². The molecule has 0 aromatic heterocycles. The molecule has 0 aliphatic carbocycles. The number of para-hydroxylation sites is 1. The van der Waals surface area contributed by atoms with Crippen LogP contribution in [0.3, 0.4) is 0 Å². The van der Waals surface area contributed by atoms with Crippen LogP contribution < -0.4 is 10.5 Å². The van der Waals surface area contributed by atoms with E-state index in [1.54, 1.807) is 24.3 Å². The van der Waals surface area contributed by atoms with Gasteiger partial charge in [0.2, 0.25) is 0 Å². The first kappa shape index (κ1) is 15.2. The highest BCUT2D eigenvalue weighted by atomic mass is 19.4. The summed E-state index contributed by atoms with van der Waals surface area (Å²) in [7, 11) is 0. The molecule has 0 spiro atoms. The summed E-state index contributed by atoms with van der Waals surface area (Å²) in [5.41, 5.74) is 5.79. The number of aliphatic hydroxyl groups is 1. The lowest BCUT2D eigenvalue weighted by atomic mass is 10.1. The Kier molecular flexibility index (Phi) is 4.37. The van der Waals surface area contributed by atoms with Crippen LogP contribution in [0.25, 0.3) is 0 Å². The van der Waals surface area contributed by atoms with Gasteiger partial charge in [-0.2, -0.15) is 13.2 Å². The molecule has 0 saturated heterocycles. The highest BCUT2D eigenvalue weighted by Crippen LogP contribution is 2.31. The number of anilines is 1. The molecule has 112 valence electrons. The number of alkyl halides is 3. The maximum absolute atomic E-state index is 12.6. The molecule has 0 radical (unpaired) electrons. The lowest BCUT2D eigenvalue weighted by Gasteiger charge is -2.15. The zero-order chi connectivity index (χ0) is 15.5. The van der Waals surface area contributed by atoms with Gasteiger partial charge in [0.1, 0.15) is 18.5 Å². The van der Waals surface area contributed by atoms with Crippen LogP contribution in [0.2, 0.25) is 0 Å². The van der Waals surface area contributed by atoms with Gasteiger partial charge in [0.15, 0.2) is 0 Å². The van der Waals surface area contributed by atoms with Gasteiger partial charge in [-0.3, -0.25) is 0 Å². The average Bonchev–Trinajstić information content (AvgIpc) is 2.45. The molecule has 2 rings (SSSR count).